The molecule has 9 nitrogen and oxygen atoms in total. The Bertz CT molecular complexity index is 1200. The minimum absolute atomic E-state index is 0.0861. The number of carboxylic acid groups (broad SMARTS) is 1. The van der Waals surface area contributed by atoms with E-state index in [1.54, 1.807) is 6.92 Å². The van der Waals surface area contributed by atoms with Gasteiger partial charge in [-0.3, -0.25) is 10.1 Å². The molecular weight excluding hydrogens is 458 g/mol. The van der Waals surface area contributed by atoms with E-state index in [1.807, 2.05) is 36.4 Å². The van der Waals surface area contributed by atoms with Crippen molar-refractivity contribution in [1.29, 1.82) is 0 Å². The maximum atomic E-state index is 12.5. The number of aliphatic hydroxyl groups excluding tert-OH is 1. The molecule has 1 aliphatic carbocycles. The van der Waals surface area contributed by atoms with Crippen LogP contribution >= 0.6 is 11.3 Å². The quantitative estimate of drug-likeness (QED) is 0.387. The van der Waals surface area contributed by atoms with Crippen LogP contribution in [0.1, 0.15) is 38.8 Å². The number of thiazole rings is 1. The molecule has 2 amide bonds. The lowest BCUT2D eigenvalue weighted by molar-refractivity contribution is -0.139. The second kappa shape index (κ2) is 10.0. The zero-order chi connectivity index (χ0) is 24.2. The Morgan fingerprint density at radius 3 is 2.29 bits per heavy atom. The summed E-state index contributed by atoms with van der Waals surface area (Å²) in [5.74, 6) is -1.98. The van der Waals surface area contributed by atoms with E-state index < -0.39 is 24.0 Å². The number of aliphatic carboxylic acids is 1. The van der Waals surface area contributed by atoms with Gasteiger partial charge < -0.3 is 20.3 Å². The van der Waals surface area contributed by atoms with E-state index in [0.29, 0.717) is 5.69 Å². The summed E-state index contributed by atoms with van der Waals surface area (Å²) in [6, 6.07) is 14.8. The van der Waals surface area contributed by atoms with Crippen molar-refractivity contribution < 1.29 is 29.3 Å². The molecule has 0 spiro atoms. The fourth-order valence-electron chi connectivity index (χ4n) is 3.99. The Balaban J connectivity index is 1.40. The van der Waals surface area contributed by atoms with Crippen LogP contribution in [-0.4, -0.2) is 52.4 Å². The molecule has 176 valence electrons. The maximum Gasteiger partial charge on any atom is 0.413 e. The van der Waals surface area contributed by atoms with Gasteiger partial charge in [-0.2, -0.15) is 0 Å². The molecule has 3 aromatic rings. The van der Waals surface area contributed by atoms with Gasteiger partial charge in [0.1, 0.15) is 17.5 Å². The SMILES string of the molecule is Cc1nc(NC(=O)OCC2c3ccccc3-c3ccccc32)sc1C(=O)N[C@H](CCO)C(=O)O. The number of rotatable bonds is 8. The van der Waals surface area contributed by atoms with E-state index in [0.717, 1.165) is 33.6 Å². The number of fused-ring (bicyclic) bond motifs is 3. The fraction of sp³-hybridized carbons (Fsp3) is 0.250. The highest BCUT2D eigenvalue weighted by atomic mass is 32.1. The summed E-state index contributed by atoms with van der Waals surface area (Å²) in [7, 11) is 0. The van der Waals surface area contributed by atoms with Crippen LogP contribution in [0.25, 0.3) is 11.1 Å². The normalized spacial score (nSPS) is 13.0. The molecule has 0 bridgehead atoms. The zero-order valence-corrected chi connectivity index (χ0v) is 19.1. The van der Waals surface area contributed by atoms with Gasteiger partial charge >= 0.3 is 12.1 Å². The maximum absolute atomic E-state index is 12.5. The minimum atomic E-state index is -1.25. The third kappa shape index (κ3) is 4.78. The first-order valence-corrected chi connectivity index (χ1v) is 11.4. The summed E-state index contributed by atoms with van der Waals surface area (Å²) in [4.78, 5) is 40.5. The van der Waals surface area contributed by atoms with Crippen molar-refractivity contribution in [2.45, 2.75) is 25.3 Å². The van der Waals surface area contributed by atoms with E-state index in [-0.39, 0.29) is 35.6 Å². The Hall–Kier alpha value is -3.76. The van der Waals surface area contributed by atoms with E-state index in [2.05, 4.69) is 27.8 Å². The summed E-state index contributed by atoms with van der Waals surface area (Å²) >= 11 is 0.912. The van der Waals surface area contributed by atoms with E-state index >= 15 is 0 Å². The van der Waals surface area contributed by atoms with Crippen molar-refractivity contribution in [2.24, 2.45) is 0 Å². The van der Waals surface area contributed by atoms with Crippen molar-refractivity contribution in [1.82, 2.24) is 10.3 Å². The van der Waals surface area contributed by atoms with E-state index in [1.165, 1.54) is 0 Å². The molecule has 2 aromatic carbocycles. The number of aryl methyl sites for hydroxylation is 1. The predicted molar refractivity (Wildman–Crippen MR) is 126 cm³/mol. The molecule has 0 saturated carbocycles. The Morgan fingerprint density at radius 1 is 1.09 bits per heavy atom. The predicted octanol–water partition coefficient (Wildman–Crippen LogP) is 3.38. The van der Waals surface area contributed by atoms with E-state index in [4.69, 9.17) is 14.9 Å². The molecule has 0 saturated heterocycles. The van der Waals surface area contributed by atoms with Crippen LogP contribution in [0, 0.1) is 6.92 Å². The van der Waals surface area contributed by atoms with Crippen LogP contribution in [0.5, 0.6) is 0 Å². The molecule has 0 aliphatic heterocycles. The molecule has 1 atom stereocenters. The zero-order valence-electron chi connectivity index (χ0n) is 18.3. The Morgan fingerprint density at radius 2 is 1.71 bits per heavy atom. The van der Waals surface area contributed by atoms with Crippen molar-refractivity contribution in [3.63, 3.8) is 0 Å². The number of nitrogens with zero attached hydrogens (tertiary/aromatic N) is 1. The van der Waals surface area contributed by atoms with Gasteiger partial charge in [-0.05, 0) is 29.2 Å². The number of carbonyl (C=O) groups excluding carboxylic acids is 2. The molecule has 4 N–H and O–H groups in total. The van der Waals surface area contributed by atoms with Crippen LogP contribution in [0.15, 0.2) is 48.5 Å². The lowest BCUT2D eigenvalue weighted by atomic mass is 9.98. The number of aliphatic hydroxyl groups is 1. The summed E-state index contributed by atoms with van der Waals surface area (Å²) < 4.78 is 5.49. The number of amides is 2. The number of hydrogen-bond donors (Lipinski definition) is 4. The van der Waals surface area contributed by atoms with E-state index in [9.17, 15) is 14.4 Å². The number of benzene rings is 2. The highest BCUT2D eigenvalue weighted by Gasteiger charge is 2.29. The third-order valence-corrected chi connectivity index (χ3v) is 6.65. The van der Waals surface area contributed by atoms with Crippen LogP contribution in [0.4, 0.5) is 9.93 Å². The summed E-state index contributed by atoms with van der Waals surface area (Å²) in [5, 5.41) is 23.2. The molecule has 10 heteroatoms. The molecule has 1 heterocycles. The molecule has 4 rings (SSSR count). The minimum Gasteiger partial charge on any atom is -0.480 e. The van der Waals surface area contributed by atoms with Crippen LogP contribution in [0.2, 0.25) is 0 Å². The molecule has 1 aliphatic rings. The smallest absolute Gasteiger partial charge is 0.413 e. The van der Waals surface area contributed by atoms with Gasteiger partial charge in [0, 0.05) is 18.9 Å². The third-order valence-electron chi connectivity index (χ3n) is 5.58. The Kier molecular flexibility index (Phi) is 6.90. The number of carbonyl (C=O) groups is 3. The first-order valence-electron chi connectivity index (χ1n) is 10.6. The lowest BCUT2D eigenvalue weighted by Crippen LogP contribution is -2.41. The summed E-state index contributed by atoms with van der Waals surface area (Å²) in [6.45, 7) is 1.34. The average molecular weight is 482 g/mol. The van der Waals surface area contributed by atoms with Gasteiger partial charge in [-0.25, -0.2) is 14.6 Å². The average Bonchev–Trinajstić information content (AvgIpc) is 3.34. The van der Waals surface area contributed by atoms with Gasteiger partial charge in [-0.1, -0.05) is 59.9 Å². The number of carboxylic acids is 1. The summed E-state index contributed by atoms with van der Waals surface area (Å²) in [5.41, 5.74) is 4.77. The molecule has 1 aromatic heterocycles. The standard InChI is InChI=1S/C24H23N3O6S/c1-13-20(21(29)26-19(10-11-28)22(30)31)34-23(25-13)27-24(32)33-12-18-16-8-4-2-6-14(16)15-7-3-5-9-17(15)18/h2-9,18-19,28H,10-12H2,1H3,(H,26,29)(H,30,31)(H,25,27,32)/t19-/m1/s1. The van der Waals surface area contributed by atoms with Crippen LogP contribution in [0.3, 0.4) is 0 Å². The lowest BCUT2D eigenvalue weighted by Gasteiger charge is -2.14. The van der Waals surface area contributed by atoms with Gasteiger partial charge in [-0.15, -0.1) is 0 Å². The number of nitrogens with one attached hydrogen (secondary N) is 2. The topological polar surface area (TPSA) is 138 Å². The van der Waals surface area contributed by atoms with Crippen molar-refractivity contribution >= 4 is 34.4 Å². The van der Waals surface area contributed by atoms with Gasteiger partial charge in [0.25, 0.3) is 5.91 Å². The first kappa shape index (κ1) is 23.4. The number of aromatic nitrogens is 1. The molecule has 0 unspecified atom stereocenters. The second-order valence-corrected chi connectivity index (χ2v) is 8.76. The number of hydrogen-bond acceptors (Lipinski definition) is 7. The van der Waals surface area contributed by atoms with Crippen molar-refractivity contribution in [3.05, 3.63) is 70.2 Å². The number of anilines is 1. The number of ether oxygens (including phenoxy) is 1. The van der Waals surface area contributed by atoms with Gasteiger partial charge in [0.2, 0.25) is 0 Å². The van der Waals surface area contributed by atoms with Crippen molar-refractivity contribution in [2.75, 3.05) is 18.5 Å². The Labute approximate surface area is 199 Å². The first-order chi connectivity index (χ1) is 16.4. The highest BCUT2D eigenvalue weighted by molar-refractivity contribution is 7.17. The molecule has 0 radical (unpaired) electrons. The van der Waals surface area contributed by atoms with Crippen molar-refractivity contribution in [3.8, 4) is 11.1 Å². The molecule has 34 heavy (non-hydrogen) atoms. The largest absolute Gasteiger partial charge is 0.480 e. The highest BCUT2D eigenvalue weighted by Crippen LogP contribution is 2.44. The van der Waals surface area contributed by atoms with Gasteiger partial charge in [0.05, 0.1) is 5.69 Å². The van der Waals surface area contributed by atoms with Crippen LogP contribution in [-0.2, 0) is 9.53 Å². The van der Waals surface area contributed by atoms with Crippen LogP contribution < -0.4 is 10.6 Å². The second-order valence-electron chi connectivity index (χ2n) is 7.76. The fourth-order valence-corrected chi connectivity index (χ4v) is 4.85. The monoisotopic (exact) mass is 481 g/mol. The summed E-state index contributed by atoms with van der Waals surface area (Å²) in [6.07, 6.45) is -0.824. The molecule has 0 fully saturated rings. The molecular formula is C24H23N3O6S. The van der Waals surface area contributed by atoms with Gasteiger partial charge in [0.15, 0.2) is 5.13 Å².